The van der Waals surface area contributed by atoms with Gasteiger partial charge in [-0.25, -0.2) is 0 Å². The fraction of sp³-hybridized carbons (Fsp3) is 0.200. The Kier molecular flexibility index (Phi) is 7.45. The van der Waals surface area contributed by atoms with Gasteiger partial charge in [-0.2, -0.15) is 0 Å². The summed E-state index contributed by atoms with van der Waals surface area (Å²) in [5.74, 6) is 1.57. The molecular formula is C20H17BrClNO4S2. The zero-order valence-electron chi connectivity index (χ0n) is 15.6. The second-order valence-electron chi connectivity index (χ2n) is 5.90. The van der Waals surface area contributed by atoms with E-state index in [0.717, 1.165) is 5.56 Å². The maximum Gasteiger partial charge on any atom is 0.265 e. The average molecular weight is 515 g/mol. The first-order valence-corrected chi connectivity index (χ1v) is 10.9. The van der Waals surface area contributed by atoms with Gasteiger partial charge < -0.3 is 14.2 Å². The highest BCUT2D eigenvalue weighted by atomic mass is 79.9. The van der Waals surface area contributed by atoms with Gasteiger partial charge >= 0.3 is 0 Å². The van der Waals surface area contributed by atoms with Crippen molar-refractivity contribution in [3.8, 4) is 17.2 Å². The van der Waals surface area contributed by atoms with Crippen LogP contribution in [0.2, 0.25) is 5.02 Å². The molecule has 0 N–H and O–H groups in total. The number of para-hydroxylation sites is 1. The fourth-order valence-electron chi connectivity index (χ4n) is 2.52. The number of ether oxygens (including phenoxy) is 3. The largest absolute Gasteiger partial charge is 0.493 e. The van der Waals surface area contributed by atoms with Crippen LogP contribution in [0.3, 0.4) is 0 Å². The highest BCUT2D eigenvalue weighted by molar-refractivity contribution is 9.10. The highest BCUT2D eigenvalue weighted by Gasteiger charge is 2.28. The first-order valence-electron chi connectivity index (χ1n) is 8.50. The minimum atomic E-state index is -0.118. The molecule has 0 spiro atoms. The molecule has 1 fully saturated rings. The van der Waals surface area contributed by atoms with Crippen molar-refractivity contribution in [2.45, 2.75) is 0 Å². The summed E-state index contributed by atoms with van der Waals surface area (Å²) in [7, 11) is 3.22. The molecule has 1 aliphatic heterocycles. The molecule has 1 saturated heterocycles. The molecule has 5 nitrogen and oxygen atoms in total. The van der Waals surface area contributed by atoms with Gasteiger partial charge in [-0.05, 0) is 51.8 Å². The number of benzene rings is 2. The molecule has 0 aliphatic carbocycles. The number of nitrogens with zero attached hydrogens (tertiary/aromatic N) is 1. The van der Waals surface area contributed by atoms with Crippen LogP contribution in [0.5, 0.6) is 17.2 Å². The smallest absolute Gasteiger partial charge is 0.265 e. The van der Waals surface area contributed by atoms with E-state index in [9.17, 15) is 4.79 Å². The third-order valence-electron chi connectivity index (χ3n) is 3.96. The van der Waals surface area contributed by atoms with Gasteiger partial charge in [-0.3, -0.25) is 9.69 Å². The molecule has 0 radical (unpaired) electrons. The zero-order valence-corrected chi connectivity index (χ0v) is 19.6. The molecule has 3 rings (SSSR count). The summed E-state index contributed by atoms with van der Waals surface area (Å²) >= 11 is 16.0. The molecular weight excluding hydrogens is 498 g/mol. The number of hydrogen-bond acceptors (Lipinski definition) is 6. The predicted octanol–water partition coefficient (Wildman–Crippen LogP) is 5.40. The van der Waals surface area contributed by atoms with Crippen LogP contribution in [0.4, 0.5) is 0 Å². The normalized spacial score (nSPS) is 15.2. The van der Waals surface area contributed by atoms with Crippen LogP contribution in [-0.4, -0.2) is 42.5 Å². The number of methoxy groups -OCH3 is 1. The van der Waals surface area contributed by atoms with Gasteiger partial charge in [0.15, 0.2) is 11.5 Å². The fourth-order valence-corrected chi connectivity index (χ4v) is 4.46. The molecule has 2 aromatic rings. The van der Waals surface area contributed by atoms with E-state index in [1.165, 1.54) is 16.7 Å². The SMILES string of the molecule is COc1cc(/C=C2\SC(=S)N(C)C2=O)cc(Br)c1OCCOc1ccccc1Cl. The van der Waals surface area contributed by atoms with E-state index in [0.29, 0.717) is 49.2 Å². The van der Waals surface area contributed by atoms with E-state index in [1.54, 1.807) is 38.4 Å². The first kappa shape index (κ1) is 22.0. The predicted molar refractivity (Wildman–Crippen MR) is 124 cm³/mol. The molecule has 1 heterocycles. The summed E-state index contributed by atoms with van der Waals surface area (Å²) in [6, 6.07) is 10.9. The minimum Gasteiger partial charge on any atom is -0.493 e. The highest BCUT2D eigenvalue weighted by Crippen LogP contribution is 2.39. The lowest BCUT2D eigenvalue weighted by molar-refractivity contribution is -0.121. The molecule has 1 amide bonds. The monoisotopic (exact) mass is 513 g/mol. The summed E-state index contributed by atoms with van der Waals surface area (Å²) in [6.07, 6.45) is 1.78. The summed E-state index contributed by atoms with van der Waals surface area (Å²) in [5, 5.41) is 0.549. The average Bonchev–Trinajstić information content (AvgIpc) is 2.94. The number of carbonyl (C=O) groups excluding carboxylic acids is 1. The van der Waals surface area contributed by atoms with Gasteiger partial charge in [0.2, 0.25) is 0 Å². The number of carbonyl (C=O) groups is 1. The maximum absolute atomic E-state index is 12.2. The Morgan fingerprint density at radius 2 is 1.93 bits per heavy atom. The standard InChI is InChI=1S/C20H17BrClNO4S2/c1-23-19(24)17(29-20(23)28)11-12-9-13(21)18(16(10-12)25-2)27-8-7-26-15-6-4-3-5-14(15)22/h3-6,9-11H,7-8H2,1-2H3/b17-11-. The van der Waals surface area contributed by atoms with Crippen molar-refractivity contribution >= 4 is 67.8 Å². The van der Waals surface area contributed by atoms with Crippen molar-refractivity contribution in [1.82, 2.24) is 4.90 Å². The molecule has 1 aliphatic rings. The summed E-state index contributed by atoms with van der Waals surface area (Å²) < 4.78 is 18.2. The lowest BCUT2D eigenvalue weighted by atomic mass is 10.2. The zero-order chi connectivity index (χ0) is 21.0. The quantitative estimate of drug-likeness (QED) is 0.280. The van der Waals surface area contributed by atoms with Gasteiger partial charge in [-0.15, -0.1) is 0 Å². The summed E-state index contributed by atoms with van der Waals surface area (Å²) in [4.78, 5) is 14.2. The Morgan fingerprint density at radius 1 is 1.21 bits per heavy atom. The molecule has 0 aromatic heterocycles. The van der Waals surface area contributed by atoms with Crippen molar-refractivity contribution in [3.63, 3.8) is 0 Å². The number of hydrogen-bond donors (Lipinski definition) is 0. The van der Waals surface area contributed by atoms with Crippen LogP contribution in [-0.2, 0) is 4.79 Å². The van der Waals surface area contributed by atoms with Crippen molar-refractivity contribution in [1.29, 1.82) is 0 Å². The van der Waals surface area contributed by atoms with E-state index >= 15 is 0 Å². The van der Waals surface area contributed by atoms with E-state index < -0.39 is 0 Å². The summed E-state index contributed by atoms with van der Waals surface area (Å²) in [5.41, 5.74) is 0.794. The van der Waals surface area contributed by atoms with Crippen molar-refractivity contribution in [3.05, 3.63) is 56.4 Å². The Bertz CT molecular complexity index is 983. The first-order chi connectivity index (χ1) is 13.9. The van der Waals surface area contributed by atoms with Crippen molar-refractivity contribution in [2.75, 3.05) is 27.4 Å². The molecule has 29 heavy (non-hydrogen) atoms. The Morgan fingerprint density at radius 3 is 2.59 bits per heavy atom. The molecule has 0 bridgehead atoms. The molecule has 0 saturated carbocycles. The van der Waals surface area contributed by atoms with Gasteiger partial charge in [0.1, 0.15) is 23.3 Å². The lowest BCUT2D eigenvalue weighted by Gasteiger charge is -2.14. The molecule has 0 atom stereocenters. The number of likely N-dealkylation sites (N-methyl/N-ethyl adjacent to an activating group) is 1. The molecule has 0 unspecified atom stereocenters. The number of halogens is 2. The molecule has 9 heteroatoms. The van der Waals surface area contributed by atoms with Gasteiger partial charge in [0, 0.05) is 7.05 Å². The van der Waals surface area contributed by atoms with E-state index in [4.69, 9.17) is 38.0 Å². The van der Waals surface area contributed by atoms with Gasteiger partial charge in [0.25, 0.3) is 5.91 Å². The van der Waals surface area contributed by atoms with E-state index in [2.05, 4.69) is 15.9 Å². The Labute approximate surface area is 192 Å². The van der Waals surface area contributed by atoms with E-state index in [1.807, 2.05) is 18.2 Å². The number of amides is 1. The van der Waals surface area contributed by atoms with Crippen LogP contribution in [0.25, 0.3) is 6.08 Å². The van der Waals surface area contributed by atoms with Crippen LogP contribution in [0.1, 0.15) is 5.56 Å². The number of thiocarbonyl (C=S) groups is 1. The minimum absolute atomic E-state index is 0.118. The molecule has 152 valence electrons. The third-order valence-corrected chi connectivity index (χ3v) is 6.35. The maximum atomic E-state index is 12.2. The van der Waals surface area contributed by atoms with Crippen molar-refractivity contribution in [2.24, 2.45) is 0 Å². The van der Waals surface area contributed by atoms with E-state index in [-0.39, 0.29) is 5.91 Å². The van der Waals surface area contributed by atoms with Gasteiger partial charge in [-0.1, -0.05) is 47.7 Å². The van der Waals surface area contributed by atoms with Crippen LogP contribution < -0.4 is 14.2 Å². The Hall–Kier alpha value is -1.74. The second kappa shape index (κ2) is 9.84. The molecule has 2 aromatic carbocycles. The number of thioether (sulfide) groups is 1. The number of rotatable bonds is 7. The van der Waals surface area contributed by atoms with Crippen molar-refractivity contribution < 1.29 is 19.0 Å². The second-order valence-corrected chi connectivity index (χ2v) is 8.84. The Balaban J connectivity index is 1.69. The lowest BCUT2D eigenvalue weighted by Crippen LogP contribution is -2.22. The van der Waals surface area contributed by atoms with Gasteiger partial charge in [0.05, 0.1) is 21.5 Å². The van der Waals surface area contributed by atoms with Crippen LogP contribution in [0, 0.1) is 0 Å². The summed E-state index contributed by atoms with van der Waals surface area (Å²) in [6.45, 7) is 0.619. The van der Waals surface area contributed by atoms with Crippen LogP contribution >= 0.6 is 51.5 Å². The third kappa shape index (κ3) is 5.25. The topological polar surface area (TPSA) is 48.0 Å². The van der Waals surface area contributed by atoms with Crippen LogP contribution in [0.15, 0.2) is 45.8 Å².